The van der Waals surface area contributed by atoms with Gasteiger partial charge in [0.2, 0.25) is 0 Å². The fraction of sp³-hybridized carbons (Fsp3) is 0.474. The predicted octanol–water partition coefficient (Wildman–Crippen LogP) is 4.36. The molecule has 0 radical (unpaired) electrons. The highest BCUT2D eigenvalue weighted by molar-refractivity contribution is 5.94. The minimum atomic E-state index is -0.253. The summed E-state index contributed by atoms with van der Waals surface area (Å²) in [6.45, 7) is 4.76. The summed E-state index contributed by atoms with van der Waals surface area (Å²) in [6.07, 6.45) is 7.44. The van der Waals surface area contributed by atoms with Gasteiger partial charge in [-0.3, -0.25) is 9.48 Å². The lowest BCUT2D eigenvalue weighted by Crippen LogP contribution is -2.34. The summed E-state index contributed by atoms with van der Waals surface area (Å²) in [5, 5.41) is 4.28. The molecule has 1 aliphatic heterocycles. The third-order valence-corrected chi connectivity index (χ3v) is 4.62. The second-order valence-electron chi connectivity index (χ2n) is 6.72. The average Bonchev–Trinajstić information content (AvgIpc) is 2.93. The van der Waals surface area contributed by atoms with E-state index in [1.807, 2.05) is 24.8 Å². The molecule has 0 saturated carbocycles. The highest BCUT2D eigenvalue weighted by Crippen LogP contribution is 2.31. The van der Waals surface area contributed by atoms with Crippen molar-refractivity contribution >= 4 is 5.91 Å². The zero-order chi connectivity index (χ0) is 17.1. The Morgan fingerprint density at radius 2 is 2.12 bits per heavy atom. The monoisotopic (exact) mass is 329 g/mol. The van der Waals surface area contributed by atoms with E-state index in [1.165, 1.54) is 6.07 Å². The molecule has 3 rings (SSSR count). The van der Waals surface area contributed by atoms with Gasteiger partial charge in [-0.25, -0.2) is 4.39 Å². The average molecular weight is 329 g/mol. The van der Waals surface area contributed by atoms with Gasteiger partial charge in [0.05, 0.1) is 17.8 Å². The molecule has 1 amide bonds. The summed E-state index contributed by atoms with van der Waals surface area (Å²) in [7, 11) is 0. The minimum Gasteiger partial charge on any atom is -0.332 e. The maximum absolute atomic E-state index is 13.7. The van der Waals surface area contributed by atoms with Crippen LogP contribution in [0.25, 0.3) is 0 Å². The number of nitrogens with zero attached hydrogens (tertiary/aromatic N) is 3. The van der Waals surface area contributed by atoms with Crippen LogP contribution in [0.4, 0.5) is 4.39 Å². The molecular weight excluding hydrogens is 305 g/mol. The molecule has 1 unspecified atom stereocenters. The van der Waals surface area contributed by atoms with Crippen LogP contribution in [-0.4, -0.2) is 27.1 Å². The molecule has 1 saturated heterocycles. The predicted molar refractivity (Wildman–Crippen MR) is 91.3 cm³/mol. The fourth-order valence-corrected chi connectivity index (χ4v) is 3.31. The summed E-state index contributed by atoms with van der Waals surface area (Å²) in [6, 6.07) is 6.77. The molecule has 0 spiro atoms. The smallest absolute Gasteiger partial charge is 0.257 e. The summed E-state index contributed by atoms with van der Waals surface area (Å²) in [5.41, 5.74) is 1.48. The molecule has 24 heavy (non-hydrogen) atoms. The Kier molecular flexibility index (Phi) is 4.97. The van der Waals surface area contributed by atoms with E-state index in [4.69, 9.17) is 0 Å². The molecular formula is C19H24FN3O. The van der Waals surface area contributed by atoms with E-state index in [0.29, 0.717) is 12.1 Å². The highest BCUT2D eigenvalue weighted by atomic mass is 19.1. The molecule has 2 heterocycles. The number of hydrogen-bond acceptors (Lipinski definition) is 2. The van der Waals surface area contributed by atoms with Crippen molar-refractivity contribution in [2.45, 2.75) is 51.6 Å². The number of likely N-dealkylation sites (tertiary alicyclic amines) is 1. The number of rotatable bonds is 3. The van der Waals surface area contributed by atoms with Crippen LogP contribution in [-0.2, 0) is 0 Å². The Bertz CT molecular complexity index is 710. The van der Waals surface area contributed by atoms with Gasteiger partial charge >= 0.3 is 0 Å². The number of benzene rings is 1. The molecule has 0 bridgehead atoms. The van der Waals surface area contributed by atoms with Crippen molar-refractivity contribution in [2.75, 3.05) is 6.54 Å². The lowest BCUT2D eigenvalue weighted by atomic mass is 10.00. The van der Waals surface area contributed by atoms with Crippen molar-refractivity contribution in [3.63, 3.8) is 0 Å². The van der Waals surface area contributed by atoms with Crippen molar-refractivity contribution in [3.05, 3.63) is 53.6 Å². The van der Waals surface area contributed by atoms with Crippen LogP contribution >= 0.6 is 0 Å². The first-order valence-electron chi connectivity index (χ1n) is 8.67. The minimum absolute atomic E-state index is 0.0157. The molecule has 4 nitrogen and oxygen atoms in total. The third kappa shape index (κ3) is 3.50. The zero-order valence-electron chi connectivity index (χ0n) is 14.3. The van der Waals surface area contributed by atoms with E-state index in [0.717, 1.165) is 31.2 Å². The van der Waals surface area contributed by atoms with E-state index in [9.17, 15) is 9.18 Å². The SMILES string of the molecule is CC(C)n1cc(C(=O)N2CCCCCC2c2cccc(F)c2)cn1. The van der Waals surface area contributed by atoms with Crippen molar-refractivity contribution < 1.29 is 9.18 Å². The Morgan fingerprint density at radius 1 is 1.29 bits per heavy atom. The van der Waals surface area contributed by atoms with Gasteiger partial charge in [-0.05, 0) is 44.4 Å². The second-order valence-corrected chi connectivity index (χ2v) is 6.72. The lowest BCUT2D eigenvalue weighted by molar-refractivity contribution is 0.0680. The summed E-state index contributed by atoms with van der Waals surface area (Å²) >= 11 is 0. The Balaban J connectivity index is 1.90. The van der Waals surface area contributed by atoms with Crippen LogP contribution in [0.5, 0.6) is 0 Å². The van der Waals surface area contributed by atoms with Crippen LogP contribution in [0.2, 0.25) is 0 Å². The van der Waals surface area contributed by atoms with Crippen LogP contribution in [0.3, 0.4) is 0 Å². The quantitative estimate of drug-likeness (QED) is 0.839. The standard InChI is InChI=1S/C19H24FN3O/c1-14(2)23-13-16(12-21-23)19(24)22-10-5-3-4-9-18(22)15-7-6-8-17(20)11-15/h6-8,11-14,18H,3-5,9-10H2,1-2H3. The number of carbonyl (C=O) groups is 1. The van der Waals surface area contributed by atoms with Gasteiger partial charge in [0.25, 0.3) is 5.91 Å². The van der Waals surface area contributed by atoms with Crippen LogP contribution in [0.15, 0.2) is 36.7 Å². The van der Waals surface area contributed by atoms with Crippen molar-refractivity contribution in [1.82, 2.24) is 14.7 Å². The van der Waals surface area contributed by atoms with Gasteiger partial charge in [0.15, 0.2) is 0 Å². The van der Waals surface area contributed by atoms with E-state index >= 15 is 0 Å². The second kappa shape index (κ2) is 7.16. The Labute approximate surface area is 142 Å². The lowest BCUT2D eigenvalue weighted by Gasteiger charge is -2.30. The van der Waals surface area contributed by atoms with E-state index < -0.39 is 0 Å². The normalized spacial score (nSPS) is 18.7. The van der Waals surface area contributed by atoms with E-state index in [1.54, 1.807) is 29.2 Å². The van der Waals surface area contributed by atoms with Gasteiger partial charge in [-0.1, -0.05) is 25.0 Å². The fourth-order valence-electron chi connectivity index (χ4n) is 3.31. The first-order valence-corrected chi connectivity index (χ1v) is 8.67. The third-order valence-electron chi connectivity index (χ3n) is 4.62. The number of carbonyl (C=O) groups excluding carboxylic acids is 1. The van der Waals surface area contributed by atoms with Crippen LogP contribution < -0.4 is 0 Å². The molecule has 1 fully saturated rings. The molecule has 1 atom stereocenters. The Morgan fingerprint density at radius 3 is 2.83 bits per heavy atom. The molecule has 2 aromatic rings. The van der Waals surface area contributed by atoms with Gasteiger partial charge in [-0.15, -0.1) is 0 Å². The zero-order valence-corrected chi connectivity index (χ0v) is 14.3. The summed E-state index contributed by atoms with van der Waals surface area (Å²) in [5.74, 6) is -0.269. The molecule has 128 valence electrons. The topological polar surface area (TPSA) is 38.1 Å². The molecule has 0 aliphatic carbocycles. The van der Waals surface area contributed by atoms with Gasteiger partial charge in [-0.2, -0.15) is 5.10 Å². The first kappa shape index (κ1) is 16.7. The summed E-state index contributed by atoms with van der Waals surface area (Å²) in [4.78, 5) is 14.9. The van der Waals surface area contributed by atoms with E-state index in [-0.39, 0.29) is 23.8 Å². The maximum Gasteiger partial charge on any atom is 0.257 e. The van der Waals surface area contributed by atoms with Gasteiger partial charge < -0.3 is 4.90 Å². The molecule has 1 aromatic heterocycles. The van der Waals surface area contributed by atoms with Crippen molar-refractivity contribution in [3.8, 4) is 0 Å². The van der Waals surface area contributed by atoms with Crippen molar-refractivity contribution in [2.24, 2.45) is 0 Å². The largest absolute Gasteiger partial charge is 0.332 e. The van der Waals surface area contributed by atoms with Gasteiger partial charge in [0.1, 0.15) is 5.82 Å². The maximum atomic E-state index is 13.7. The van der Waals surface area contributed by atoms with Crippen LogP contribution in [0.1, 0.15) is 67.5 Å². The number of hydrogen-bond donors (Lipinski definition) is 0. The number of amides is 1. The Hall–Kier alpha value is -2.17. The van der Waals surface area contributed by atoms with Gasteiger partial charge in [0, 0.05) is 18.8 Å². The highest BCUT2D eigenvalue weighted by Gasteiger charge is 2.28. The van der Waals surface area contributed by atoms with E-state index in [2.05, 4.69) is 5.10 Å². The molecule has 1 aliphatic rings. The number of halogens is 1. The molecule has 0 N–H and O–H groups in total. The van der Waals surface area contributed by atoms with Crippen molar-refractivity contribution in [1.29, 1.82) is 0 Å². The molecule has 1 aromatic carbocycles. The first-order chi connectivity index (χ1) is 11.6. The molecule has 5 heteroatoms. The number of aromatic nitrogens is 2. The van der Waals surface area contributed by atoms with Crippen LogP contribution in [0, 0.1) is 5.82 Å². The summed E-state index contributed by atoms with van der Waals surface area (Å²) < 4.78 is 15.4.